The van der Waals surface area contributed by atoms with Crippen LogP contribution in [0.2, 0.25) is 0 Å². The van der Waals surface area contributed by atoms with Crippen LogP contribution in [0, 0.1) is 0 Å². The van der Waals surface area contributed by atoms with Crippen LogP contribution >= 0.6 is 0 Å². The summed E-state index contributed by atoms with van der Waals surface area (Å²) < 4.78 is 28.6. The number of halogens is 2. The van der Waals surface area contributed by atoms with Gasteiger partial charge in [0.25, 0.3) is 0 Å². The van der Waals surface area contributed by atoms with Crippen molar-refractivity contribution in [3.63, 3.8) is 0 Å². The van der Waals surface area contributed by atoms with E-state index in [4.69, 9.17) is 0 Å². The van der Waals surface area contributed by atoms with E-state index in [1.165, 1.54) is 11.1 Å². The van der Waals surface area contributed by atoms with Gasteiger partial charge >= 0.3 is 0 Å². The Hall–Kier alpha value is -1.74. The second kappa shape index (κ2) is 11.8. The molecule has 1 saturated carbocycles. The van der Waals surface area contributed by atoms with Crippen molar-refractivity contribution < 1.29 is 8.78 Å². The predicted octanol–water partition coefficient (Wildman–Crippen LogP) is 7.29. The first-order valence-corrected chi connectivity index (χ1v) is 12.2. The van der Waals surface area contributed by atoms with Crippen molar-refractivity contribution in [3.05, 3.63) is 71.3 Å². The minimum atomic E-state index is -1.05. The summed E-state index contributed by atoms with van der Waals surface area (Å²) in [6.07, 6.45) is 3.82. The average molecular weight is 428 g/mol. The minimum Gasteiger partial charge on any atom is -0.298 e. The first-order chi connectivity index (χ1) is 15.0. The number of nitrogens with zero attached hydrogens (tertiary/aromatic N) is 1. The molecule has 0 radical (unpaired) electrons. The largest absolute Gasteiger partial charge is 0.298 e. The van der Waals surface area contributed by atoms with Gasteiger partial charge in [0.15, 0.2) is 0 Å². The summed E-state index contributed by atoms with van der Waals surface area (Å²) in [4.78, 5) is 2.63. The maximum Gasteiger partial charge on any atom is 0.110 e. The van der Waals surface area contributed by atoms with Gasteiger partial charge < -0.3 is 0 Å². The molecule has 2 aromatic carbocycles. The molecule has 1 fully saturated rings. The van der Waals surface area contributed by atoms with Crippen molar-refractivity contribution >= 4 is 0 Å². The van der Waals surface area contributed by atoms with E-state index in [0.717, 1.165) is 37.8 Å². The highest BCUT2D eigenvalue weighted by Gasteiger charge is 2.34. The van der Waals surface area contributed by atoms with E-state index in [-0.39, 0.29) is 0 Å². The van der Waals surface area contributed by atoms with Crippen LogP contribution in [0.25, 0.3) is 0 Å². The molecule has 0 heterocycles. The van der Waals surface area contributed by atoms with Crippen LogP contribution in [0.15, 0.2) is 54.6 Å². The zero-order valence-electron chi connectivity index (χ0n) is 19.4. The highest BCUT2D eigenvalue weighted by atomic mass is 19.1. The topological polar surface area (TPSA) is 3.24 Å². The molecule has 170 valence electrons. The Morgan fingerprint density at radius 1 is 0.871 bits per heavy atom. The predicted molar refractivity (Wildman–Crippen MR) is 127 cm³/mol. The lowest BCUT2D eigenvalue weighted by Crippen LogP contribution is -2.41. The Bertz CT molecular complexity index is 748. The first kappa shape index (κ1) is 23.9. The zero-order chi connectivity index (χ0) is 22.2. The Labute approximate surface area is 187 Å². The Morgan fingerprint density at radius 2 is 1.48 bits per heavy atom. The molecule has 2 aromatic rings. The smallest absolute Gasteiger partial charge is 0.110 e. The van der Waals surface area contributed by atoms with Gasteiger partial charge in [-0.25, -0.2) is 8.78 Å². The Balaban J connectivity index is 1.58. The van der Waals surface area contributed by atoms with Crippen LogP contribution in [0.4, 0.5) is 8.78 Å². The molecule has 3 unspecified atom stereocenters. The zero-order valence-corrected chi connectivity index (χ0v) is 19.4. The molecule has 3 heteroatoms. The van der Waals surface area contributed by atoms with E-state index in [2.05, 4.69) is 68.1 Å². The van der Waals surface area contributed by atoms with Gasteiger partial charge in [0.05, 0.1) is 0 Å². The minimum absolute atomic E-state index is 0.485. The normalized spacial score (nSPS) is 22.7. The van der Waals surface area contributed by atoms with Gasteiger partial charge in [-0.05, 0) is 75.5 Å². The van der Waals surface area contributed by atoms with E-state index < -0.39 is 18.3 Å². The molecule has 1 nitrogen and oxygen atoms in total. The first-order valence-electron chi connectivity index (χ1n) is 12.2. The molecule has 0 amide bonds. The number of benzene rings is 2. The average Bonchev–Trinajstić information content (AvgIpc) is 2.77. The Kier molecular flexibility index (Phi) is 9.07. The molecule has 1 aliphatic rings. The molecule has 0 N–H and O–H groups in total. The highest BCUT2D eigenvalue weighted by molar-refractivity contribution is 5.28. The maximum atomic E-state index is 14.3. The lowest BCUT2D eigenvalue weighted by atomic mass is 9.81. The molecule has 0 bridgehead atoms. The third kappa shape index (κ3) is 6.62. The molecule has 0 saturated heterocycles. The lowest BCUT2D eigenvalue weighted by molar-refractivity contribution is 0.124. The number of hydrogen-bond donors (Lipinski definition) is 0. The van der Waals surface area contributed by atoms with Crippen LogP contribution in [-0.4, -0.2) is 35.9 Å². The van der Waals surface area contributed by atoms with E-state index in [9.17, 15) is 8.78 Å². The van der Waals surface area contributed by atoms with E-state index in [0.29, 0.717) is 31.3 Å². The van der Waals surface area contributed by atoms with Gasteiger partial charge in [0, 0.05) is 24.5 Å². The quantitative estimate of drug-likeness (QED) is 0.385. The van der Waals surface area contributed by atoms with E-state index in [1.807, 2.05) is 12.1 Å². The fourth-order valence-corrected chi connectivity index (χ4v) is 5.12. The van der Waals surface area contributed by atoms with Crippen molar-refractivity contribution in [2.45, 2.75) is 96.1 Å². The van der Waals surface area contributed by atoms with Crippen molar-refractivity contribution in [2.24, 2.45) is 0 Å². The number of rotatable bonds is 10. The molecular formula is C28H39F2N. The van der Waals surface area contributed by atoms with Gasteiger partial charge in [0.2, 0.25) is 0 Å². The summed E-state index contributed by atoms with van der Waals surface area (Å²) >= 11 is 0. The van der Waals surface area contributed by atoms with Crippen LogP contribution in [-0.2, 0) is 12.8 Å². The molecule has 3 rings (SSSR count). The van der Waals surface area contributed by atoms with Crippen LogP contribution < -0.4 is 0 Å². The van der Waals surface area contributed by atoms with Crippen molar-refractivity contribution in [1.29, 1.82) is 0 Å². The number of hydrogen-bond acceptors (Lipinski definition) is 1. The Morgan fingerprint density at radius 3 is 2.06 bits per heavy atom. The molecule has 3 atom stereocenters. The summed E-state index contributed by atoms with van der Waals surface area (Å²) in [5, 5.41) is 0. The molecule has 0 aromatic heterocycles. The van der Waals surface area contributed by atoms with Gasteiger partial charge in [0.1, 0.15) is 12.3 Å². The van der Waals surface area contributed by atoms with Crippen molar-refractivity contribution in [3.8, 4) is 0 Å². The third-order valence-corrected chi connectivity index (χ3v) is 6.98. The van der Waals surface area contributed by atoms with Crippen LogP contribution in [0.3, 0.4) is 0 Å². The summed E-state index contributed by atoms with van der Waals surface area (Å²) in [6.45, 7) is 7.91. The summed E-state index contributed by atoms with van der Waals surface area (Å²) in [7, 11) is 0. The fourth-order valence-electron chi connectivity index (χ4n) is 5.12. The molecule has 0 aliphatic heterocycles. The molecular weight excluding hydrogens is 388 g/mol. The van der Waals surface area contributed by atoms with Gasteiger partial charge in [-0.15, -0.1) is 0 Å². The molecule has 0 spiro atoms. The second-order valence-electron chi connectivity index (χ2n) is 9.40. The number of aryl methyl sites for hydroxylation is 1. The second-order valence-corrected chi connectivity index (χ2v) is 9.40. The SMILES string of the molecule is CCC(CCc1ccc(C2C(F)CCCC2F)cc1)N(CCc1ccccc1)C(C)C. The standard InChI is InChI=1S/C28H39F2N/c1-4-25(31(21(2)3)20-19-22-9-6-5-7-10-22)18-15-23-13-16-24(17-14-23)28-26(29)11-8-12-27(28)30/h5-7,9-10,13-14,16-17,21,25-28H,4,8,11-12,15,18-20H2,1-3H3. The number of alkyl halides is 2. The van der Waals surface area contributed by atoms with Gasteiger partial charge in [-0.3, -0.25) is 4.90 Å². The molecule has 1 aliphatic carbocycles. The summed E-state index contributed by atoms with van der Waals surface area (Å²) in [5.41, 5.74) is 3.47. The fraction of sp³-hybridized carbons (Fsp3) is 0.571. The highest BCUT2D eigenvalue weighted by Crippen LogP contribution is 2.37. The maximum absolute atomic E-state index is 14.3. The third-order valence-electron chi connectivity index (χ3n) is 6.98. The lowest BCUT2D eigenvalue weighted by Gasteiger charge is -2.35. The van der Waals surface area contributed by atoms with Gasteiger partial charge in [-0.1, -0.05) is 61.5 Å². The molecule has 31 heavy (non-hydrogen) atoms. The van der Waals surface area contributed by atoms with Crippen molar-refractivity contribution in [2.75, 3.05) is 6.54 Å². The van der Waals surface area contributed by atoms with E-state index >= 15 is 0 Å². The van der Waals surface area contributed by atoms with Crippen molar-refractivity contribution in [1.82, 2.24) is 4.90 Å². The summed E-state index contributed by atoms with van der Waals surface area (Å²) in [5.74, 6) is -0.583. The van der Waals surface area contributed by atoms with E-state index in [1.54, 1.807) is 0 Å². The van der Waals surface area contributed by atoms with Crippen LogP contribution in [0.1, 0.15) is 75.5 Å². The monoisotopic (exact) mass is 427 g/mol. The van der Waals surface area contributed by atoms with Gasteiger partial charge in [-0.2, -0.15) is 0 Å². The summed E-state index contributed by atoms with van der Waals surface area (Å²) in [6, 6.07) is 19.8. The van der Waals surface area contributed by atoms with Crippen LogP contribution in [0.5, 0.6) is 0 Å².